The van der Waals surface area contributed by atoms with Gasteiger partial charge in [0.15, 0.2) is 12.6 Å². The van der Waals surface area contributed by atoms with Gasteiger partial charge in [-0.05, 0) is 69.6 Å². The van der Waals surface area contributed by atoms with Crippen LogP contribution >= 0.6 is 12.9 Å². The molecular weight excluding hydrogens is 711 g/mol. The topological polar surface area (TPSA) is 193 Å². The van der Waals surface area contributed by atoms with Crippen LogP contribution in [0.1, 0.15) is 81.8 Å². The molecule has 2 unspecified atom stereocenters. The number of fused-ring (bicyclic) bond motifs is 2. The molecule has 1 saturated carbocycles. The number of aliphatic hydroxyl groups is 2. The number of hydrogen-bond acceptors (Lipinski definition) is 11. The van der Waals surface area contributed by atoms with Crippen molar-refractivity contribution < 1.29 is 38.6 Å². The number of likely N-dealkylation sites (tertiary alicyclic amines) is 1. The Morgan fingerprint density at radius 1 is 0.981 bits per heavy atom. The van der Waals surface area contributed by atoms with Gasteiger partial charge in [-0.15, -0.1) is 0 Å². The van der Waals surface area contributed by atoms with E-state index in [1.807, 2.05) is 75.4 Å². The number of aliphatic hydroxyl groups excluding tert-OH is 2. The zero-order valence-electron chi connectivity index (χ0n) is 31.4. The quantitative estimate of drug-likeness (QED) is 0.0330. The molecule has 14 heteroatoms. The van der Waals surface area contributed by atoms with E-state index in [-0.39, 0.29) is 36.8 Å². The normalized spacial score (nSPS) is 20.4. The van der Waals surface area contributed by atoms with Crippen LogP contribution in [0.4, 0.5) is 0 Å². The summed E-state index contributed by atoms with van der Waals surface area (Å²) in [6, 6.07) is 19.2. The molecule has 2 aromatic carbocycles. The number of nitrogens with two attached hydrogens (primary N) is 1. The lowest BCUT2D eigenvalue weighted by molar-refractivity contribution is -0.238. The number of pyridine rings is 1. The van der Waals surface area contributed by atoms with Crippen LogP contribution < -0.4 is 16.4 Å². The number of piperidine rings is 1. The number of nitrogens with one attached hydrogen (secondary N) is 2. The SMILES string of the molecule is CC(C)(C)NC(=O)[C@@H]1CC2CCCCC2CN1C[C@@H](O)[C@H](Cc1ccccc1)NC(=O)[C@H](CC(N)=O)CC(=O)c1ccc2ccccc2n1.OCOOS. The Morgan fingerprint density at radius 2 is 1.67 bits per heavy atom. The largest absolute Gasteiger partial charge is 0.390 e. The number of thiol groups is 1. The molecule has 294 valence electrons. The van der Waals surface area contributed by atoms with Crippen LogP contribution in [0, 0.1) is 17.8 Å². The van der Waals surface area contributed by atoms with Gasteiger partial charge in [0.1, 0.15) is 5.69 Å². The number of aromatic nitrogens is 1. The first-order valence-corrected chi connectivity index (χ1v) is 18.9. The Morgan fingerprint density at radius 3 is 2.31 bits per heavy atom. The van der Waals surface area contributed by atoms with Crippen LogP contribution in [0.5, 0.6) is 0 Å². The van der Waals surface area contributed by atoms with Crippen molar-refractivity contribution in [2.75, 3.05) is 19.9 Å². The van der Waals surface area contributed by atoms with E-state index in [0.29, 0.717) is 30.3 Å². The summed E-state index contributed by atoms with van der Waals surface area (Å²) in [6.45, 7) is 6.32. The number of carbonyl (C=O) groups excluding carboxylic acids is 4. The molecule has 1 aliphatic carbocycles. The average molecular weight is 766 g/mol. The van der Waals surface area contributed by atoms with Gasteiger partial charge >= 0.3 is 0 Å². The van der Waals surface area contributed by atoms with E-state index in [1.165, 1.54) is 6.42 Å². The summed E-state index contributed by atoms with van der Waals surface area (Å²) in [4.78, 5) is 63.3. The lowest BCUT2D eigenvalue weighted by Crippen LogP contribution is -2.60. The molecule has 3 aromatic rings. The number of nitrogens with zero attached hydrogens (tertiary/aromatic N) is 2. The average Bonchev–Trinajstić information content (AvgIpc) is 3.13. The highest BCUT2D eigenvalue weighted by Gasteiger charge is 2.42. The zero-order chi connectivity index (χ0) is 39.3. The first kappa shape index (κ1) is 42.8. The van der Waals surface area contributed by atoms with Crippen LogP contribution in [0.25, 0.3) is 10.9 Å². The second-order valence-electron chi connectivity index (χ2n) is 15.3. The van der Waals surface area contributed by atoms with Crippen molar-refractivity contribution in [1.29, 1.82) is 0 Å². The monoisotopic (exact) mass is 765 g/mol. The summed E-state index contributed by atoms with van der Waals surface area (Å²) in [5.41, 5.74) is 6.92. The molecule has 2 heterocycles. The van der Waals surface area contributed by atoms with Crippen molar-refractivity contribution in [3.8, 4) is 0 Å². The van der Waals surface area contributed by atoms with Gasteiger partial charge in [0.2, 0.25) is 17.7 Å². The minimum absolute atomic E-state index is 0.0466. The van der Waals surface area contributed by atoms with E-state index < -0.39 is 48.3 Å². The number of ketones is 1. The Kier molecular flexibility index (Phi) is 16.4. The third-order valence-electron chi connectivity index (χ3n) is 10.1. The number of carbonyl (C=O) groups is 4. The smallest absolute Gasteiger partial charge is 0.237 e. The number of Topliss-reactive ketones (excluding diaryl/α,β-unsaturated/α-hetero) is 1. The number of primary amides is 1. The molecule has 2 aliphatic rings. The summed E-state index contributed by atoms with van der Waals surface area (Å²) in [7, 11) is 0. The Bertz CT molecular complexity index is 1690. The molecule has 54 heavy (non-hydrogen) atoms. The van der Waals surface area contributed by atoms with Crippen molar-refractivity contribution in [2.24, 2.45) is 23.5 Å². The first-order valence-electron chi connectivity index (χ1n) is 18.6. The van der Waals surface area contributed by atoms with Crippen molar-refractivity contribution in [3.63, 3.8) is 0 Å². The van der Waals surface area contributed by atoms with E-state index in [9.17, 15) is 24.3 Å². The van der Waals surface area contributed by atoms with Crippen molar-refractivity contribution in [3.05, 3.63) is 78.0 Å². The highest BCUT2D eigenvalue weighted by molar-refractivity contribution is 7.74. The van der Waals surface area contributed by atoms with E-state index >= 15 is 0 Å². The summed E-state index contributed by atoms with van der Waals surface area (Å²) < 4.78 is 3.64. The highest BCUT2D eigenvalue weighted by Crippen LogP contribution is 2.39. The van der Waals surface area contributed by atoms with Gasteiger partial charge in [-0.1, -0.05) is 73.9 Å². The van der Waals surface area contributed by atoms with Crippen molar-refractivity contribution >= 4 is 47.3 Å². The van der Waals surface area contributed by atoms with Crippen molar-refractivity contribution in [1.82, 2.24) is 20.5 Å². The molecule has 0 spiro atoms. The van der Waals surface area contributed by atoms with Gasteiger partial charge in [-0.25, -0.2) is 4.98 Å². The maximum atomic E-state index is 13.9. The predicted molar refractivity (Wildman–Crippen MR) is 208 cm³/mol. The lowest BCUT2D eigenvalue weighted by Gasteiger charge is -2.47. The minimum Gasteiger partial charge on any atom is -0.390 e. The third kappa shape index (κ3) is 13.1. The Hall–Kier alpha value is -3.92. The third-order valence-corrected chi connectivity index (χ3v) is 10.2. The molecule has 6 atom stereocenters. The highest BCUT2D eigenvalue weighted by atomic mass is 32.1. The predicted octanol–water partition coefficient (Wildman–Crippen LogP) is 3.91. The standard InChI is InChI=1S/C39H51N5O5.CH4O3S/c1-39(2,3)43-38(49)33-20-27-14-7-8-15-28(27)23-44(33)24-35(46)32(19-25-11-5-4-6-12-25)42-37(48)29(22-36(40)47)21-34(45)31-18-17-26-13-9-10-16-30(26)41-31;2-1-3-4-5/h4-6,9-13,16-18,27-29,32-33,35,46H,7-8,14-15,19-24H2,1-3H3,(H2,40,47)(H,42,48)(H,43,49);2,5H,1H2/t27?,28?,29-,32-,33-,35+;/m0./s1. The lowest BCUT2D eigenvalue weighted by atomic mass is 9.72. The van der Waals surface area contributed by atoms with Crippen molar-refractivity contribution in [2.45, 2.75) is 95.9 Å². The van der Waals surface area contributed by atoms with Gasteiger partial charge in [0, 0.05) is 49.8 Å². The second kappa shape index (κ2) is 20.7. The van der Waals surface area contributed by atoms with Gasteiger partial charge < -0.3 is 26.6 Å². The number of benzene rings is 2. The fourth-order valence-electron chi connectivity index (χ4n) is 7.52. The number of para-hydroxylation sites is 1. The summed E-state index contributed by atoms with van der Waals surface area (Å²) >= 11 is 3.12. The number of β-amino-alcohol motifs (C(OH)–C–C–N with tert-alkyl or cyclic N) is 1. The second-order valence-corrected chi connectivity index (χ2v) is 15.5. The fourth-order valence-corrected chi connectivity index (χ4v) is 7.57. The number of rotatable bonds is 15. The fraction of sp³-hybridized carbons (Fsp3) is 0.525. The molecule has 1 aromatic heterocycles. The zero-order valence-corrected chi connectivity index (χ0v) is 32.3. The van der Waals surface area contributed by atoms with E-state index in [4.69, 9.17) is 10.8 Å². The Balaban J connectivity index is 0.00000122. The summed E-state index contributed by atoms with van der Waals surface area (Å²) in [5.74, 6) is -1.79. The van der Waals surface area contributed by atoms with Gasteiger partial charge in [-0.3, -0.25) is 24.1 Å². The van der Waals surface area contributed by atoms with E-state index in [0.717, 1.165) is 36.6 Å². The molecule has 0 radical (unpaired) electrons. The minimum atomic E-state index is -1.05. The maximum absolute atomic E-state index is 13.9. The molecule has 1 aliphatic heterocycles. The summed E-state index contributed by atoms with van der Waals surface area (Å²) in [6.07, 6.45) is 3.97. The maximum Gasteiger partial charge on any atom is 0.237 e. The Labute approximate surface area is 322 Å². The van der Waals surface area contributed by atoms with Gasteiger partial charge in [0.25, 0.3) is 0 Å². The molecule has 13 nitrogen and oxygen atoms in total. The molecule has 2 fully saturated rings. The molecule has 5 rings (SSSR count). The van der Waals surface area contributed by atoms with Crippen LogP contribution in [-0.2, 0) is 30.0 Å². The van der Waals surface area contributed by atoms with Crippen LogP contribution in [0.15, 0.2) is 66.7 Å². The van der Waals surface area contributed by atoms with Gasteiger partial charge in [-0.2, -0.15) is 9.22 Å². The van der Waals surface area contributed by atoms with Crippen LogP contribution in [0.3, 0.4) is 0 Å². The molecule has 3 amide bonds. The molecular formula is C40H55N5O8S. The summed E-state index contributed by atoms with van der Waals surface area (Å²) in [5, 5.41) is 26.6. The first-order chi connectivity index (χ1) is 25.8. The van der Waals surface area contributed by atoms with E-state index in [1.54, 1.807) is 12.1 Å². The molecule has 0 bridgehead atoms. The molecule has 6 N–H and O–H groups in total. The van der Waals surface area contributed by atoms with Crippen LogP contribution in [-0.4, -0.2) is 87.2 Å². The van der Waals surface area contributed by atoms with E-state index in [2.05, 4.69) is 42.6 Å². The van der Waals surface area contributed by atoms with Gasteiger partial charge in [0.05, 0.1) is 29.6 Å². The number of amides is 3. The number of hydrogen-bond donors (Lipinski definition) is 6. The molecule has 1 saturated heterocycles. The van der Waals surface area contributed by atoms with Crippen LogP contribution in [0.2, 0.25) is 0 Å².